The first-order valence-corrected chi connectivity index (χ1v) is 10.7. The molecule has 158 valence electrons. The number of likely N-dealkylation sites (tertiary alicyclic amines) is 1. The molecule has 0 saturated carbocycles. The van der Waals surface area contributed by atoms with Crippen molar-refractivity contribution in [2.24, 2.45) is 0 Å². The van der Waals surface area contributed by atoms with Crippen LogP contribution in [0.3, 0.4) is 0 Å². The Bertz CT molecular complexity index is 977. The lowest BCUT2D eigenvalue weighted by Gasteiger charge is -2.44. The van der Waals surface area contributed by atoms with Gasteiger partial charge in [-0.1, -0.05) is 17.7 Å². The van der Waals surface area contributed by atoms with Crippen LogP contribution in [-0.2, 0) is 4.79 Å². The number of aryl methyl sites for hydroxylation is 2. The van der Waals surface area contributed by atoms with E-state index in [0.717, 1.165) is 11.1 Å². The first-order chi connectivity index (χ1) is 14.3. The largest absolute Gasteiger partial charge is 0.486 e. The van der Waals surface area contributed by atoms with Crippen molar-refractivity contribution in [2.75, 3.05) is 13.1 Å². The van der Waals surface area contributed by atoms with Gasteiger partial charge in [-0.15, -0.1) is 0 Å². The monoisotopic (exact) mass is 427 g/mol. The SMILES string of the molecule is Cc1cc(C)c2c(c1)C(=O)CC1(CCN(C(=O)C(C)Oc3ccc(Cl)cc3)CC1)O2. The van der Waals surface area contributed by atoms with Gasteiger partial charge in [0.15, 0.2) is 11.9 Å². The van der Waals surface area contributed by atoms with Crippen molar-refractivity contribution in [2.45, 2.75) is 51.7 Å². The first kappa shape index (κ1) is 20.7. The lowest BCUT2D eigenvalue weighted by molar-refractivity contribution is -0.141. The second-order valence-electron chi connectivity index (χ2n) is 8.38. The number of hydrogen-bond acceptors (Lipinski definition) is 4. The van der Waals surface area contributed by atoms with Crippen LogP contribution >= 0.6 is 11.6 Å². The van der Waals surface area contributed by atoms with Gasteiger partial charge in [-0.3, -0.25) is 9.59 Å². The van der Waals surface area contributed by atoms with Gasteiger partial charge in [0.2, 0.25) is 0 Å². The zero-order valence-corrected chi connectivity index (χ0v) is 18.3. The van der Waals surface area contributed by atoms with Crippen LogP contribution in [0, 0.1) is 13.8 Å². The average molecular weight is 428 g/mol. The molecular weight excluding hydrogens is 402 g/mol. The second-order valence-corrected chi connectivity index (χ2v) is 8.82. The third kappa shape index (κ3) is 4.04. The molecule has 2 aromatic rings. The van der Waals surface area contributed by atoms with E-state index in [1.54, 1.807) is 36.1 Å². The molecule has 4 rings (SSSR count). The molecule has 5 nitrogen and oxygen atoms in total. The van der Waals surface area contributed by atoms with Crippen LogP contribution in [0.25, 0.3) is 0 Å². The van der Waals surface area contributed by atoms with E-state index in [-0.39, 0.29) is 11.7 Å². The van der Waals surface area contributed by atoms with Gasteiger partial charge in [0.05, 0.1) is 12.0 Å². The zero-order valence-electron chi connectivity index (χ0n) is 17.5. The number of amides is 1. The lowest BCUT2D eigenvalue weighted by Crippen LogP contribution is -2.54. The molecule has 1 fully saturated rings. The molecule has 1 amide bonds. The van der Waals surface area contributed by atoms with Crippen molar-refractivity contribution < 1.29 is 19.1 Å². The highest BCUT2D eigenvalue weighted by Gasteiger charge is 2.44. The number of halogens is 1. The fourth-order valence-electron chi connectivity index (χ4n) is 4.38. The van der Waals surface area contributed by atoms with Crippen molar-refractivity contribution in [1.82, 2.24) is 4.90 Å². The molecule has 1 spiro atoms. The van der Waals surface area contributed by atoms with E-state index in [4.69, 9.17) is 21.1 Å². The standard InChI is InChI=1S/C24H26ClNO4/c1-15-12-16(2)22-20(13-15)21(27)14-24(30-22)8-10-26(11-9-24)23(28)17(3)29-19-6-4-18(25)5-7-19/h4-7,12-13,17H,8-11,14H2,1-3H3. The van der Waals surface area contributed by atoms with Crippen LogP contribution in [0.5, 0.6) is 11.5 Å². The number of ether oxygens (including phenoxy) is 2. The fourth-order valence-corrected chi connectivity index (χ4v) is 4.50. The van der Waals surface area contributed by atoms with Crippen LogP contribution in [0.2, 0.25) is 5.02 Å². The number of Topliss-reactive ketones (excluding diaryl/α,β-unsaturated/α-hetero) is 1. The Morgan fingerprint density at radius 2 is 1.83 bits per heavy atom. The number of rotatable bonds is 3. The second kappa shape index (κ2) is 7.95. The maximum atomic E-state index is 12.9. The Kier molecular flexibility index (Phi) is 5.49. The number of ketones is 1. The van der Waals surface area contributed by atoms with Crippen molar-refractivity contribution in [1.29, 1.82) is 0 Å². The number of carbonyl (C=O) groups excluding carboxylic acids is 2. The van der Waals surface area contributed by atoms with Gasteiger partial charge >= 0.3 is 0 Å². The molecule has 1 saturated heterocycles. The number of benzene rings is 2. The summed E-state index contributed by atoms with van der Waals surface area (Å²) in [6.07, 6.45) is 1.03. The van der Waals surface area contributed by atoms with Crippen LogP contribution in [0.1, 0.15) is 47.7 Å². The molecule has 6 heteroatoms. The number of carbonyl (C=O) groups is 2. The van der Waals surface area contributed by atoms with Crippen LogP contribution < -0.4 is 9.47 Å². The number of fused-ring (bicyclic) bond motifs is 1. The molecule has 0 aliphatic carbocycles. The normalized spacial score (nSPS) is 18.5. The summed E-state index contributed by atoms with van der Waals surface area (Å²) in [7, 11) is 0. The Balaban J connectivity index is 1.41. The molecule has 2 aliphatic rings. The molecule has 2 aromatic carbocycles. The first-order valence-electron chi connectivity index (χ1n) is 10.3. The quantitative estimate of drug-likeness (QED) is 0.709. The minimum Gasteiger partial charge on any atom is -0.486 e. The molecular formula is C24H26ClNO4. The van der Waals surface area contributed by atoms with Gasteiger partial charge in [-0.05, 0) is 62.2 Å². The highest BCUT2D eigenvalue weighted by atomic mass is 35.5. The zero-order chi connectivity index (χ0) is 21.5. The molecule has 0 bridgehead atoms. The molecule has 2 heterocycles. The summed E-state index contributed by atoms with van der Waals surface area (Å²) in [6, 6.07) is 10.9. The molecule has 1 unspecified atom stereocenters. The number of hydrogen-bond donors (Lipinski definition) is 0. The van der Waals surface area contributed by atoms with E-state index < -0.39 is 11.7 Å². The smallest absolute Gasteiger partial charge is 0.263 e. The maximum absolute atomic E-state index is 12.9. The molecule has 0 radical (unpaired) electrons. The Labute approximate surface area is 181 Å². The van der Waals surface area contributed by atoms with E-state index in [1.165, 1.54) is 0 Å². The topological polar surface area (TPSA) is 55.8 Å². The van der Waals surface area contributed by atoms with Gasteiger partial charge in [-0.25, -0.2) is 0 Å². The highest BCUT2D eigenvalue weighted by Crippen LogP contribution is 2.41. The van der Waals surface area contributed by atoms with Crippen molar-refractivity contribution in [3.63, 3.8) is 0 Å². The Morgan fingerprint density at radius 3 is 2.50 bits per heavy atom. The summed E-state index contributed by atoms with van der Waals surface area (Å²) in [5.74, 6) is 1.38. The molecule has 0 aromatic heterocycles. The van der Waals surface area contributed by atoms with E-state index in [2.05, 4.69) is 0 Å². The van der Waals surface area contributed by atoms with Gasteiger partial charge in [0, 0.05) is 31.0 Å². The van der Waals surface area contributed by atoms with Crippen LogP contribution in [-0.4, -0.2) is 41.4 Å². The van der Waals surface area contributed by atoms with E-state index in [9.17, 15) is 9.59 Å². The molecule has 30 heavy (non-hydrogen) atoms. The summed E-state index contributed by atoms with van der Waals surface area (Å²) in [5, 5.41) is 0.622. The van der Waals surface area contributed by atoms with Crippen molar-refractivity contribution in [3.8, 4) is 11.5 Å². The molecule has 2 aliphatic heterocycles. The lowest BCUT2D eigenvalue weighted by atomic mass is 9.81. The van der Waals surface area contributed by atoms with Crippen molar-refractivity contribution in [3.05, 3.63) is 58.1 Å². The maximum Gasteiger partial charge on any atom is 0.263 e. The Morgan fingerprint density at radius 1 is 1.17 bits per heavy atom. The molecule has 1 atom stereocenters. The summed E-state index contributed by atoms with van der Waals surface area (Å²) in [4.78, 5) is 27.5. The average Bonchev–Trinajstić information content (AvgIpc) is 2.71. The molecule has 0 N–H and O–H groups in total. The predicted molar refractivity (Wildman–Crippen MR) is 116 cm³/mol. The highest BCUT2D eigenvalue weighted by molar-refractivity contribution is 6.30. The van der Waals surface area contributed by atoms with E-state index in [1.807, 2.05) is 26.0 Å². The summed E-state index contributed by atoms with van der Waals surface area (Å²) in [6.45, 7) is 6.81. The summed E-state index contributed by atoms with van der Waals surface area (Å²) >= 11 is 5.90. The minimum atomic E-state index is -0.597. The number of piperidine rings is 1. The van der Waals surface area contributed by atoms with Gasteiger partial charge in [-0.2, -0.15) is 0 Å². The predicted octanol–water partition coefficient (Wildman–Crippen LogP) is 4.75. The van der Waals surface area contributed by atoms with Crippen LogP contribution in [0.15, 0.2) is 36.4 Å². The third-order valence-electron chi connectivity index (χ3n) is 5.98. The minimum absolute atomic E-state index is 0.0610. The fraction of sp³-hybridized carbons (Fsp3) is 0.417. The summed E-state index contributed by atoms with van der Waals surface area (Å²) in [5.41, 5.74) is 2.21. The summed E-state index contributed by atoms with van der Waals surface area (Å²) < 4.78 is 12.2. The van der Waals surface area contributed by atoms with Crippen LogP contribution in [0.4, 0.5) is 0 Å². The van der Waals surface area contributed by atoms with Crippen molar-refractivity contribution >= 4 is 23.3 Å². The van der Waals surface area contributed by atoms with Gasteiger partial charge in [0.1, 0.15) is 17.1 Å². The van der Waals surface area contributed by atoms with Gasteiger partial charge in [0.25, 0.3) is 5.91 Å². The number of nitrogens with zero attached hydrogens (tertiary/aromatic N) is 1. The third-order valence-corrected chi connectivity index (χ3v) is 6.23. The Hall–Kier alpha value is -2.53. The van der Waals surface area contributed by atoms with Gasteiger partial charge < -0.3 is 14.4 Å². The van der Waals surface area contributed by atoms with E-state index >= 15 is 0 Å². The van der Waals surface area contributed by atoms with E-state index in [0.29, 0.717) is 54.4 Å².